The Kier molecular flexibility index (Phi) is 6.06. The summed E-state index contributed by atoms with van der Waals surface area (Å²) in [6.45, 7) is 1.80. The lowest BCUT2D eigenvalue weighted by atomic mass is 9.97. The first-order chi connectivity index (χ1) is 13.5. The van der Waals surface area contributed by atoms with Crippen LogP contribution in [0.25, 0.3) is 10.8 Å². The zero-order chi connectivity index (χ0) is 20.1. The number of ether oxygens (including phenoxy) is 1. The van der Waals surface area contributed by atoms with Crippen molar-refractivity contribution in [1.82, 2.24) is 10.9 Å². The van der Waals surface area contributed by atoms with Crippen molar-refractivity contribution in [3.8, 4) is 5.75 Å². The van der Waals surface area contributed by atoms with Gasteiger partial charge in [-0.3, -0.25) is 15.6 Å². The number of nitrogens with one attached hydrogen (secondary N) is 3. The van der Waals surface area contributed by atoms with Gasteiger partial charge < -0.3 is 10.1 Å². The maximum atomic E-state index is 13.6. The molecule has 3 N–H and O–H groups in total. The van der Waals surface area contributed by atoms with E-state index >= 15 is 0 Å². The van der Waals surface area contributed by atoms with Gasteiger partial charge in [-0.1, -0.05) is 36.4 Å². The Balaban J connectivity index is 1.61. The molecule has 0 aliphatic heterocycles. The number of para-hydroxylation sites is 1. The summed E-state index contributed by atoms with van der Waals surface area (Å²) in [7, 11) is 1.63. The SMILES string of the molecule is COc1ccc2cc([C@H](C)C(=O)NNC(=S)Nc3ccccc3F)ccc2c1. The van der Waals surface area contributed by atoms with Crippen LogP contribution in [-0.4, -0.2) is 18.1 Å². The van der Waals surface area contributed by atoms with Crippen molar-refractivity contribution in [3.05, 3.63) is 72.0 Å². The predicted molar refractivity (Wildman–Crippen MR) is 113 cm³/mol. The largest absolute Gasteiger partial charge is 0.497 e. The van der Waals surface area contributed by atoms with E-state index in [1.807, 2.05) is 36.4 Å². The van der Waals surface area contributed by atoms with Gasteiger partial charge in [-0.15, -0.1) is 0 Å². The van der Waals surface area contributed by atoms with Gasteiger partial charge in [0.05, 0.1) is 18.7 Å². The summed E-state index contributed by atoms with van der Waals surface area (Å²) in [6.07, 6.45) is 0. The molecule has 0 fully saturated rings. The van der Waals surface area contributed by atoms with Crippen LogP contribution in [0.3, 0.4) is 0 Å². The van der Waals surface area contributed by atoms with Crippen molar-refractivity contribution >= 4 is 39.7 Å². The molecule has 0 spiro atoms. The van der Waals surface area contributed by atoms with Crippen LogP contribution < -0.4 is 20.9 Å². The van der Waals surface area contributed by atoms with Crippen LogP contribution in [0.4, 0.5) is 10.1 Å². The highest BCUT2D eigenvalue weighted by Gasteiger charge is 2.16. The van der Waals surface area contributed by atoms with Crippen LogP contribution in [0.15, 0.2) is 60.7 Å². The van der Waals surface area contributed by atoms with Crippen molar-refractivity contribution < 1.29 is 13.9 Å². The molecular formula is C21H20FN3O2S. The highest BCUT2D eigenvalue weighted by Crippen LogP contribution is 2.25. The fourth-order valence-corrected chi connectivity index (χ4v) is 2.89. The van der Waals surface area contributed by atoms with Gasteiger partial charge in [-0.25, -0.2) is 4.39 Å². The Morgan fingerprint density at radius 1 is 1.04 bits per heavy atom. The summed E-state index contributed by atoms with van der Waals surface area (Å²) in [5.74, 6) is -0.314. The smallest absolute Gasteiger partial charge is 0.245 e. The quantitative estimate of drug-likeness (QED) is 0.457. The molecule has 0 aliphatic rings. The topological polar surface area (TPSA) is 62.4 Å². The highest BCUT2D eigenvalue weighted by molar-refractivity contribution is 7.80. The van der Waals surface area contributed by atoms with Crippen LogP contribution in [-0.2, 0) is 4.79 Å². The highest BCUT2D eigenvalue weighted by atomic mass is 32.1. The molecule has 1 atom stereocenters. The van der Waals surface area contributed by atoms with E-state index in [1.165, 1.54) is 6.07 Å². The van der Waals surface area contributed by atoms with Crippen LogP contribution >= 0.6 is 12.2 Å². The Labute approximate surface area is 167 Å². The summed E-state index contributed by atoms with van der Waals surface area (Å²) in [5.41, 5.74) is 6.24. The summed E-state index contributed by atoms with van der Waals surface area (Å²) in [4.78, 5) is 12.4. The number of carbonyl (C=O) groups excluding carboxylic acids is 1. The minimum atomic E-state index is -0.431. The van der Waals surface area contributed by atoms with Gasteiger partial charge in [-0.05, 0) is 59.7 Å². The predicted octanol–water partition coefficient (Wildman–Crippen LogP) is 4.11. The first kappa shape index (κ1) is 19.6. The second-order valence-electron chi connectivity index (χ2n) is 6.24. The van der Waals surface area contributed by atoms with Gasteiger partial charge >= 0.3 is 0 Å². The maximum Gasteiger partial charge on any atom is 0.245 e. The minimum absolute atomic E-state index is 0.0938. The Morgan fingerprint density at radius 3 is 2.50 bits per heavy atom. The third kappa shape index (κ3) is 4.55. The zero-order valence-electron chi connectivity index (χ0n) is 15.5. The first-order valence-corrected chi connectivity index (χ1v) is 9.08. The molecule has 0 saturated carbocycles. The second kappa shape index (κ2) is 8.67. The fraction of sp³-hybridized carbons (Fsp3) is 0.143. The van der Waals surface area contributed by atoms with Gasteiger partial charge in [0.25, 0.3) is 0 Å². The monoisotopic (exact) mass is 397 g/mol. The molecule has 3 aromatic rings. The molecule has 5 nitrogen and oxygen atoms in total. The number of halogens is 1. The van der Waals surface area contributed by atoms with Gasteiger partial charge in [0, 0.05) is 0 Å². The number of methoxy groups -OCH3 is 1. The lowest BCUT2D eigenvalue weighted by Gasteiger charge is -2.16. The molecule has 28 heavy (non-hydrogen) atoms. The van der Waals surface area contributed by atoms with E-state index in [2.05, 4.69) is 16.2 Å². The summed E-state index contributed by atoms with van der Waals surface area (Å²) < 4.78 is 18.9. The number of fused-ring (bicyclic) bond motifs is 1. The summed E-state index contributed by atoms with van der Waals surface area (Å²) >= 11 is 5.09. The number of anilines is 1. The molecule has 0 radical (unpaired) electrons. The number of hydrazine groups is 1. The van der Waals surface area contributed by atoms with E-state index in [-0.39, 0.29) is 16.7 Å². The van der Waals surface area contributed by atoms with E-state index in [9.17, 15) is 9.18 Å². The third-order valence-corrected chi connectivity index (χ3v) is 4.59. The molecule has 0 unspecified atom stereocenters. The first-order valence-electron chi connectivity index (χ1n) is 8.67. The number of amides is 1. The molecule has 3 rings (SSSR count). The molecule has 7 heteroatoms. The average Bonchev–Trinajstić information content (AvgIpc) is 2.72. The maximum absolute atomic E-state index is 13.6. The number of carbonyl (C=O) groups is 1. The molecule has 144 valence electrons. The van der Waals surface area contributed by atoms with E-state index in [0.717, 1.165) is 22.1 Å². The number of hydrogen-bond donors (Lipinski definition) is 3. The molecular weight excluding hydrogens is 377 g/mol. The van der Waals surface area contributed by atoms with Crippen molar-refractivity contribution in [2.45, 2.75) is 12.8 Å². The average molecular weight is 397 g/mol. The molecule has 3 aromatic carbocycles. The molecule has 1 amide bonds. The lowest BCUT2D eigenvalue weighted by Crippen LogP contribution is -2.45. The normalized spacial score (nSPS) is 11.5. The molecule has 0 aromatic heterocycles. The Morgan fingerprint density at radius 2 is 1.75 bits per heavy atom. The minimum Gasteiger partial charge on any atom is -0.497 e. The van der Waals surface area contributed by atoms with E-state index < -0.39 is 11.7 Å². The number of hydrogen-bond acceptors (Lipinski definition) is 3. The van der Waals surface area contributed by atoms with Gasteiger partial charge in [0.2, 0.25) is 5.91 Å². The summed E-state index contributed by atoms with van der Waals surface area (Å²) in [5, 5.41) is 4.84. The van der Waals surface area contributed by atoms with Crippen molar-refractivity contribution in [2.24, 2.45) is 0 Å². The van der Waals surface area contributed by atoms with E-state index in [0.29, 0.717) is 0 Å². The van der Waals surface area contributed by atoms with E-state index in [1.54, 1.807) is 32.2 Å². The summed E-state index contributed by atoms with van der Waals surface area (Å²) in [6, 6.07) is 17.7. The molecule has 0 heterocycles. The Bertz CT molecular complexity index is 1030. The molecule has 0 bridgehead atoms. The number of thiocarbonyl (C=S) groups is 1. The van der Waals surface area contributed by atoms with Gasteiger partial charge in [0.15, 0.2) is 5.11 Å². The third-order valence-electron chi connectivity index (χ3n) is 4.39. The van der Waals surface area contributed by atoms with Crippen LogP contribution in [0.5, 0.6) is 5.75 Å². The molecule has 0 saturated heterocycles. The Hall–Kier alpha value is -3.19. The lowest BCUT2D eigenvalue weighted by molar-refractivity contribution is -0.122. The van der Waals surface area contributed by atoms with Gasteiger partial charge in [-0.2, -0.15) is 0 Å². The zero-order valence-corrected chi connectivity index (χ0v) is 16.3. The molecule has 0 aliphatic carbocycles. The van der Waals surface area contributed by atoms with E-state index in [4.69, 9.17) is 17.0 Å². The van der Waals surface area contributed by atoms with Crippen LogP contribution in [0.2, 0.25) is 0 Å². The van der Waals surface area contributed by atoms with Crippen LogP contribution in [0, 0.1) is 5.82 Å². The van der Waals surface area contributed by atoms with Crippen LogP contribution in [0.1, 0.15) is 18.4 Å². The van der Waals surface area contributed by atoms with Gasteiger partial charge in [0.1, 0.15) is 11.6 Å². The van der Waals surface area contributed by atoms with Crippen molar-refractivity contribution in [1.29, 1.82) is 0 Å². The second-order valence-corrected chi connectivity index (χ2v) is 6.65. The fourth-order valence-electron chi connectivity index (χ4n) is 2.73. The van der Waals surface area contributed by atoms with Crippen molar-refractivity contribution in [2.75, 3.05) is 12.4 Å². The van der Waals surface area contributed by atoms with Crippen molar-refractivity contribution in [3.63, 3.8) is 0 Å². The standard InChI is InChI=1S/C21H20FN3O2S/c1-13(14-7-8-16-12-17(27-2)10-9-15(16)11-14)20(26)24-25-21(28)23-19-6-4-3-5-18(19)22/h3-13H,1-2H3,(H,24,26)(H2,23,25,28)/t13-/m0/s1. The number of benzene rings is 3. The number of rotatable bonds is 4.